The Hall–Kier alpha value is -5.82. The van der Waals surface area contributed by atoms with E-state index in [1.807, 2.05) is 93.6 Å². The van der Waals surface area contributed by atoms with Crippen LogP contribution in [-0.2, 0) is 32.1 Å². The van der Waals surface area contributed by atoms with Crippen molar-refractivity contribution in [1.29, 1.82) is 0 Å². The van der Waals surface area contributed by atoms with Crippen molar-refractivity contribution in [2.75, 3.05) is 52.4 Å². The predicted molar refractivity (Wildman–Crippen MR) is 283 cm³/mol. The summed E-state index contributed by atoms with van der Waals surface area (Å²) in [6.07, 6.45) is 2.96. The molecule has 0 radical (unpaired) electrons. The molecule has 18 heteroatoms. The van der Waals surface area contributed by atoms with Gasteiger partial charge in [-0.2, -0.15) is 0 Å². The first kappa shape index (κ1) is 54.0. The average molecular weight is 1050 g/mol. The van der Waals surface area contributed by atoms with Gasteiger partial charge in [-0.3, -0.25) is 29.0 Å². The average Bonchev–Trinajstić information content (AvgIpc) is 4.09. The molecular formula is C57H71F3N8O6S. The molecule has 1 spiro atoms. The smallest absolute Gasteiger partial charge is 0.260 e. The Labute approximate surface area is 441 Å². The highest BCUT2D eigenvalue weighted by molar-refractivity contribution is 7.13. The number of likely N-dealkylation sites (tertiary alicyclic amines) is 3. The van der Waals surface area contributed by atoms with Crippen LogP contribution in [0.25, 0.3) is 21.3 Å². The van der Waals surface area contributed by atoms with Crippen LogP contribution in [0.2, 0.25) is 0 Å². The number of aromatic amines is 1. The molecule has 5 aromatic rings. The van der Waals surface area contributed by atoms with E-state index in [4.69, 9.17) is 4.74 Å². The highest BCUT2D eigenvalue weighted by atomic mass is 32.1. The Bertz CT molecular complexity index is 2870. The lowest BCUT2D eigenvalue weighted by molar-refractivity contribution is -0.144. The molecule has 4 aliphatic rings. The number of aliphatic hydroxyl groups excluding tert-OH is 1. The Morgan fingerprint density at radius 2 is 1.63 bits per heavy atom. The number of nitrogens with zero attached hydrogens (tertiary/aromatic N) is 5. The Morgan fingerprint density at radius 1 is 0.960 bits per heavy atom. The molecule has 6 heterocycles. The number of benzene rings is 3. The fraction of sp³-hybridized carbons (Fsp3) is 0.526. The summed E-state index contributed by atoms with van der Waals surface area (Å²) in [5.41, 5.74) is 4.57. The molecule has 4 aliphatic heterocycles. The van der Waals surface area contributed by atoms with Gasteiger partial charge in [0.1, 0.15) is 35.1 Å². The number of aromatic nitrogens is 2. The molecule has 9 rings (SSSR count). The second-order valence-electron chi connectivity index (χ2n) is 23.1. The van der Waals surface area contributed by atoms with Gasteiger partial charge < -0.3 is 35.3 Å². The third-order valence-electron chi connectivity index (χ3n) is 15.9. The first-order valence-corrected chi connectivity index (χ1v) is 27.2. The zero-order chi connectivity index (χ0) is 53.6. The molecule has 0 bridgehead atoms. The Balaban J connectivity index is 0.749. The number of carbonyl (C=O) groups is 4. The van der Waals surface area contributed by atoms with Gasteiger partial charge in [0.2, 0.25) is 17.7 Å². The van der Waals surface area contributed by atoms with Crippen LogP contribution in [0.5, 0.6) is 5.75 Å². The third kappa shape index (κ3) is 11.9. The number of hydrogen-bond acceptors (Lipinski definition) is 10. The van der Waals surface area contributed by atoms with Gasteiger partial charge in [-0.05, 0) is 106 Å². The number of hydrogen-bond donors (Lipinski definition) is 4. The minimum absolute atomic E-state index is 0.0140. The van der Waals surface area contributed by atoms with Crippen LogP contribution >= 0.6 is 11.3 Å². The van der Waals surface area contributed by atoms with Crippen LogP contribution in [-0.4, -0.2) is 141 Å². The summed E-state index contributed by atoms with van der Waals surface area (Å²) < 4.78 is 53.6. The zero-order valence-electron chi connectivity index (χ0n) is 44.1. The summed E-state index contributed by atoms with van der Waals surface area (Å²) in [6.45, 7) is 14.6. The van der Waals surface area contributed by atoms with Crippen molar-refractivity contribution in [3.8, 4) is 16.2 Å². The van der Waals surface area contributed by atoms with Crippen LogP contribution < -0.4 is 15.4 Å². The number of nitrogens with one attached hydrogen (secondary N) is 3. The largest absolute Gasteiger partial charge is 0.484 e. The Morgan fingerprint density at radius 3 is 2.27 bits per heavy atom. The maximum Gasteiger partial charge on any atom is 0.260 e. The summed E-state index contributed by atoms with van der Waals surface area (Å²) in [7, 11) is 0. The second kappa shape index (κ2) is 21.7. The van der Waals surface area contributed by atoms with Crippen molar-refractivity contribution >= 4 is 45.9 Å². The van der Waals surface area contributed by atoms with Crippen LogP contribution in [0, 0.1) is 29.4 Å². The van der Waals surface area contributed by atoms with E-state index >= 15 is 13.2 Å². The van der Waals surface area contributed by atoms with Gasteiger partial charge in [-0.15, -0.1) is 11.3 Å². The van der Waals surface area contributed by atoms with Crippen molar-refractivity contribution < 1.29 is 42.2 Å². The van der Waals surface area contributed by atoms with Gasteiger partial charge >= 0.3 is 0 Å². The van der Waals surface area contributed by atoms with E-state index < -0.39 is 59.5 Å². The third-order valence-corrected chi connectivity index (χ3v) is 16.9. The van der Waals surface area contributed by atoms with E-state index in [9.17, 15) is 24.3 Å². The van der Waals surface area contributed by atoms with Crippen molar-refractivity contribution in [3.63, 3.8) is 0 Å². The number of carbonyl (C=O) groups excluding carboxylic acids is 4. The van der Waals surface area contributed by atoms with Crippen LogP contribution in [0.15, 0.2) is 66.2 Å². The molecule has 3 fully saturated rings. The lowest BCUT2D eigenvalue weighted by Gasteiger charge is -2.46. The van der Waals surface area contributed by atoms with E-state index in [0.717, 1.165) is 76.0 Å². The number of β-amino-alcohol motifs (C(OH)–C–C–N with tert-alkyl or cyclic N) is 1. The number of rotatable bonds is 14. The molecule has 4 amide bonds. The normalized spacial score (nSPS) is 21.8. The summed E-state index contributed by atoms with van der Waals surface area (Å²) in [6, 6.07) is 14.8. The summed E-state index contributed by atoms with van der Waals surface area (Å²) in [5, 5.41) is 17.6. The van der Waals surface area contributed by atoms with E-state index in [1.165, 1.54) is 18.7 Å². The fourth-order valence-corrected chi connectivity index (χ4v) is 12.6. The summed E-state index contributed by atoms with van der Waals surface area (Å²) in [5.74, 6) is -3.17. The van der Waals surface area contributed by atoms with Gasteiger partial charge in [0.25, 0.3) is 5.91 Å². The maximum atomic E-state index is 16.3. The van der Waals surface area contributed by atoms with Gasteiger partial charge in [-0.25, -0.2) is 18.2 Å². The molecule has 0 saturated carbocycles. The van der Waals surface area contributed by atoms with E-state index in [2.05, 4.69) is 25.5 Å². The van der Waals surface area contributed by atoms with Gasteiger partial charge in [0, 0.05) is 79.5 Å². The van der Waals surface area contributed by atoms with Gasteiger partial charge in [0.05, 0.1) is 34.8 Å². The minimum atomic E-state index is -1.63. The number of aliphatic hydroxyl groups is 1. The molecule has 2 aromatic heterocycles. The SMILES string of the molecule is Cc1ncsc1-c1ccc(CNC(=O)[C@@H]2C[C@@H](O)CN2C(=O)[C@@H](NC(=O)CN2CCC3(CC2)CCN(C(=O)COc2cc(F)c([C@@H]4c5[nH]c6ccccc6c5C[C@@H](C)N4CC(C)(C)F)c(F)c2)CC3)C(C)(C)C)cc1. The number of fused-ring (bicyclic) bond motifs is 3. The van der Waals surface area contributed by atoms with Crippen molar-refractivity contribution in [2.24, 2.45) is 10.8 Å². The molecule has 0 aliphatic carbocycles. The molecule has 402 valence electrons. The number of alkyl halides is 1. The van der Waals surface area contributed by atoms with Crippen LogP contribution in [0.4, 0.5) is 13.2 Å². The molecule has 3 aromatic carbocycles. The predicted octanol–water partition coefficient (Wildman–Crippen LogP) is 7.85. The monoisotopic (exact) mass is 1050 g/mol. The quantitative estimate of drug-likeness (QED) is 0.0868. The van der Waals surface area contributed by atoms with Crippen molar-refractivity contribution in [1.82, 2.24) is 40.2 Å². The standard InChI is InChI=1S/C57H71F3N8O6S/c1-34-24-41-40-10-8-9-11-44(40)63-49(41)50(68(34)32-56(6,7)60)48-42(58)26-39(27-43(48)59)74-31-47(71)66-22-18-57(19-23-66)16-20-65(21-17-57)30-46(70)64-52(55(3,4)5)54(73)67-29-38(69)25-45(67)53(72)61-28-36-12-14-37(15-13-36)51-35(2)62-33-75-51/h8-15,26-27,33-34,38,45,50,52,63,69H,16-25,28-32H2,1-7H3,(H,61,72)(H,64,70)/t34-,38-,45+,50-,52-/m1/s1. The lowest BCUT2D eigenvalue weighted by Crippen LogP contribution is -2.59. The van der Waals surface area contributed by atoms with Gasteiger partial charge in [0.15, 0.2) is 6.61 Å². The highest BCUT2D eigenvalue weighted by Crippen LogP contribution is 2.45. The van der Waals surface area contributed by atoms with Gasteiger partial charge in [-0.1, -0.05) is 63.2 Å². The Kier molecular flexibility index (Phi) is 15.6. The number of H-pyrrole nitrogens is 1. The number of halogens is 3. The number of ether oxygens (including phenoxy) is 1. The number of aryl methyl sites for hydroxylation is 1. The molecule has 4 N–H and O–H groups in total. The van der Waals surface area contributed by atoms with Crippen LogP contribution in [0.1, 0.15) is 108 Å². The van der Waals surface area contributed by atoms with Crippen molar-refractivity contribution in [2.45, 2.75) is 129 Å². The first-order chi connectivity index (χ1) is 35.6. The molecule has 5 atom stereocenters. The number of para-hydroxylation sites is 1. The molecule has 0 unspecified atom stereocenters. The van der Waals surface area contributed by atoms with E-state index in [0.29, 0.717) is 38.3 Å². The zero-order valence-corrected chi connectivity index (χ0v) is 44.9. The van der Waals surface area contributed by atoms with Crippen molar-refractivity contribution in [3.05, 3.63) is 106 Å². The fourth-order valence-electron chi connectivity index (χ4n) is 11.7. The first-order valence-electron chi connectivity index (χ1n) is 26.3. The summed E-state index contributed by atoms with van der Waals surface area (Å²) >= 11 is 1.57. The number of piperidine rings is 2. The topological polar surface area (TPSA) is 163 Å². The number of amides is 4. The summed E-state index contributed by atoms with van der Waals surface area (Å²) in [4.78, 5) is 70.8. The van der Waals surface area contributed by atoms with E-state index in [1.54, 1.807) is 16.2 Å². The number of thiazole rings is 1. The second-order valence-corrected chi connectivity index (χ2v) is 24.0. The van der Waals surface area contributed by atoms with E-state index in [-0.39, 0.29) is 73.1 Å². The molecule has 75 heavy (non-hydrogen) atoms. The maximum absolute atomic E-state index is 16.3. The minimum Gasteiger partial charge on any atom is -0.484 e. The highest BCUT2D eigenvalue weighted by Gasteiger charge is 2.46. The molecule has 14 nitrogen and oxygen atoms in total. The molecular weight excluding hydrogens is 982 g/mol. The molecule has 3 saturated heterocycles. The lowest BCUT2D eigenvalue weighted by atomic mass is 9.71. The van der Waals surface area contributed by atoms with Crippen LogP contribution in [0.3, 0.4) is 0 Å².